The van der Waals surface area contributed by atoms with Crippen molar-refractivity contribution in [2.75, 3.05) is 0 Å². The molecule has 0 aromatic heterocycles. The van der Waals surface area contributed by atoms with Crippen LogP contribution in [-0.2, 0) is 11.2 Å². The van der Waals surface area contributed by atoms with E-state index in [1.165, 1.54) is 16.7 Å². The highest BCUT2D eigenvalue weighted by Gasteiger charge is 2.79. The highest BCUT2D eigenvalue weighted by molar-refractivity contribution is 6.16. The van der Waals surface area contributed by atoms with Crippen LogP contribution in [0.4, 0.5) is 0 Å². The van der Waals surface area contributed by atoms with Gasteiger partial charge in [-0.3, -0.25) is 4.79 Å². The molecule has 0 amide bonds. The maximum Gasteiger partial charge on any atom is 0.196 e. The van der Waals surface area contributed by atoms with Gasteiger partial charge in [0.05, 0.1) is 11.2 Å². The Bertz CT molecular complexity index is 1610. The minimum atomic E-state index is -0.948. The van der Waals surface area contributed by atoms with E-state index >= 15 is 0 Å². The standard InChI is InChI=1S/C40H50O4/c1-23(2)13-12-18-38(11)19-17-29-26(7)33-34(41)31-21-28-22-32-37(9,10)44-39(27(28)8,20-16-25(5)6)40(31,32)43-36(33)30(35(29)42-38)15-14-24(3)4/h13-14,16-17,19,21,28,32H,8,12,15,18,20,22H2,1-7,9-11H3/t28?,32?,38-,39?,40?/m1/s1. The van der Waals surface area contributed by atoms with E-state index in [9.17, 15) is 4.79 Å². The van der Waals surface area contributed by atoms with Gasteiger partial charge >= 0.3 is 0 Å². The zero-order valence-corrected chi connectivity index (χ0v) is 28.5. The van der Waals surface area contributed by atoms with Gasteiger partial charge in [-0.25, -0.2) is 0 Å². The summed E-state index contributed by atoms with van der Waals surface area (Å²) in [7, 11) is 0. The first-order valence-electron chi connectivity index (χ1n) is 16.4. The van der Waals surface area contributed by atoms with Crippen molar-refractivity contribution >= 4 is 11.9 Å². The summed E-state index contributed by atoms with van der Waals surface area (Å²) in [6, 6.07) is 0. The number of fused-ring (bicyclic) bond motifs is 2. The second-order valence-corrected chi connectivity index (χ2v) is 15.3. The monoisotopic (exact) mass is 594 g/mol. The molecule has 3 heterocycles. The van der Waals surface area contributed by atoms with Crippen molar-refractivity contribution in [3.05, 3.63) is 87.1 Å². The third-order valence-corrected chi connectivity index (χ3v) is 10.8. The van der Waals surface area contributed by atoms with Crippen molar-refractivity contribution < 1.29 is 19.0 Å². The van der Waals surface area contributed by atoms with Crippen molar-refractivity contribution in [3.63, 3.8) is 0 Å². The van der Waals surface area contributed by atoms with Crippen LogP contribution >= 0.6 is 0 Å². The summed E-state index contributed by atoms with van der Waals surface area (Å²) in [5, 5.41) is 0. The Kier molecular flexibility index (Phi) is 7.17. The number of ether oxygens (including phenoxy) is 3. The molecule has 3 aliphatic carbocycles. The van der Waals surface area contributed by atoms with Gasteiger partial charge in [0.15, 0.2) is 11.4 Å². The minimum Gasteiger partial charge on any atom is -0.482 e. The second kappa shape index (κ2) is 10.2. The van der Waals surface area contributed by atoms with Gasteiger partial charge in [-0.05, 0) is 112 Å². The molecule has 0 N–H and O–H groups in total. The Morgan fingerprint density at radius 2 is 1.66 bits per heavy atom. The lowest BCUT2D eigenvalue weighted by Gasteiger charge is -2.58. The van der Waals surface area contributed by atoms with E-state index in [1.54, 1.807) is 0 Å². The van der Waals surface area contributed by atoms with Crippen LogP contribution in [-0.4, -0.2) is 28.2 Å². The lowest BCUT2D eigenvalue weighted by atomic mass is 9.50. The SMILES string of the molecule is C=C1C2C=C3C(=O)c4c(C)c5c(c(CC=C(C)C)c4OC34C(C2)C(C)(C)OC14CC=C(C)C)O[C@](C)(CCC=C(C)C)C=C5. The van der Waals surface area contributed by atoms with Crippen molar-refractivity contribution in [1.82, 2.24) is 0 Å². The number of allylic oxidation sites excluding steroid dienone is 6. The zero-order chi connectivity index (χ0) is 32.0. The van der Waals surface area contributed by atoms with E-state index in [4.69, 9.17) is 14.2 Å². The molecule has 7 rings (SSSR count). The molecule has 1 aromatic rings. The Morgan fingerprint density at radius 3 is 2.32 bits per heavy atom. The summed E-state index contributed by atoms with van der Waals surface area (Å²) in [4.78, 5) is 14.9. The smallest absolute Gasteiger partial charge is 0.196 e. The zero-order valence-electron chi connectivity index (χ0n) is 28.5. The molecule has 1 saturated heterocycles. The number of hydrogen-bond donors (Lipinski definition) is 0. The molecule has 44 heavy (non-hydrogen) atoms. The van der Waals surface area contributed by atoms with Crippen molar-refractivity contribution in [3.8, 4) is 11.5 Å². The van der Waals surface area contributed by atoms with Gasteiger partial charge in [0.25, 0.3) is 0 Å². The van der Waals surface area contributed by atoms with Crippen molar-refractivity contribution in [1.29, 1.82) is 0 Å². The molecule has 4 heteroatoms. The van der Waals surface area contributed by atoms with Crippen LogP contribution < -0.4 is 9.47 Å². The van der Waals surface area contributed by atoms with E-state index in [1.807, 2.05) is 0 Å². The lowest BCUT2D eigenvalue weighted by molar-refractivity contribution is -0.111. The van der Waals surface area contributed by atoms with Crippen LogP contribution in [0.5, 0.6) is 11.5 Å². The fraction of sp³-hybridized carbons (Fsp3) is 0.525. The third kappa shape index (κ3) is 4.30. The van der Waals surface area contributed by atoms with Gasteiger partial charge in [0.2, 0.25) is 0 Å². The molecule has 4 nitrogen and oxygen atoms in total. The minimum absolute atomic E-state index is 0.0101. The number of hydrogen-bond acceptors (Lipinski definition) is 4. The average Bonchev–Trinajstić information content (AvgIpc) is 3.08. The number of carbonyl (C=O) groups excluding carboxylic acids is 1. The molecule has 3 aliphatic heterocycles. The van der Waals surface area contributed by atoms with Crippen LogP contribution in [0.3, 0.4) is 0 Å². The van der Waals surface area contributed by atoms with Gasteiger partial charge in [-0.15, -0.1) is 0 Å². The van der Waals surface area contributed by atoms with Gasteiger partial charge in [-0.2, -0.15) is 0 Å². The number of benzene rings is 1. The quantitative estimate of drug-likeness (QED) is 0.295. The summed E-state index contributed by atoms with van der Waals surface area (Å²) >= 11 is 0. The van der Waals surface area contributed by atoms with Gasteiger partial charge in [0.1, 0.15) is 22.7 Å². The molecule has 2 fully saturated rings. The van der Waals surface area contributed by atoms with Crippen molar-refractivity contribution in [2.45, 2.75) is 124 Å². The largest absolute Gasteiger partial charge is 0.482 e. The number of rotatable bonds is 7. The summed E-state index contributed by atoms with van der Waals surface area (Å²) in [5.74, 6) is 1.68. The molecular formula is C40H50O4. The number of Topliss-reactive ketones (excluding diaryl/α,β-unsaturated/α-hetero) is 1. The van der Waals surface area contributed by atoms with Crippen LogP contribution in [0, 0.1) is 18.8 Å². The first-order chi connectivity index (χ1) is 20.6. The summed E-state index contributed by atoms with van der Waals surface area (Å²) in [6.07, 6.45) is 17.1. The van der Waals surface area contributed by atoms with E-state index in [0.717, 1.165) is 52.8 Å². The molecule has 1 spiro atoms. The molecule has 0 radical (unpaired) electrons. The second-order valence-electron chi connectivity index (χ2n) is 15.3. The predicted octanol–water partition coefficient (Wildman–Crippen LogP) is 9.76. The van der Waals surface area contributed by atoms with Crippen LogP contribution in [0.2, 0.25) is 0 Å². The molecule has 4 bridgehead atoms. The highest BCUT2D eigenvalue weighted by atomic mass is 16.6. The molecule has 1 aromatic carbocycles. The maximum absolute atomic E-state index is 14.9. The number of carbonyl (C=O) groups is 1. The summed E-state index contributed by atoms with van der Waals surface area (Å²) in [6.45, 7) is 25.9. The Morgan fingerprint density at radius 1 is 0.977 bits per heavy atom. The topological polar surface area (TPSA) is 44.8 Å². The third-order valence-electron chi connectivity index (χ3n) is 10.8. The highest BCUT2D eigenvalue weighted by Crippen LogP contribution is 2.70. The molecular weight excluding hydrogens is 544 g/mol. The average molecular weight is 595 g/mol. The first kappa shape index (κ1) is 30.9. The maximum atomic E-state index is 14.9. The molecule has 234 valence electrons. The van der Waals surface area contributed by atoms with Gasteiger partial charge in [0, 0.05) is 35.0 Å². The van der Waals surface area contributed by atoms with Crippen molar-refractivity contribution in [2.24, 2.45) is 11.8 Å². The van der Waals surface area contributed by atoms with Crippen LogP contribution in [0.15, 0.2) is 64.8 Å². The first-order valence-corrected chi connectivity index (χ1v) is 16.4. The van der Waals surface area contributed by atoms with Crippen LogP contribution in [0.1, 0.15) is 115 Å². The fourth-order valence-electron chi connectivity index (χ4n) is 8.53. The van der Waals surface area contributed by atoms with E-state index in [-0.39, 0.29) is 17.6 Å². The molecule has 5 atom stereocenters. The fourth-order valence-corrected chi connectivity index (χ4v) is 8.53. The van der Waals surface area contributed by atoms with E-state index in [0.29, 0.717) is 24.2 Å². The normalized spacial score (nSPS) is 31.6. The lowest BCUT2D eigenvalue weighted by Crippen LogP contribution is -2.68. The number of ketones is 1. The van der Waals surface area contributed by atoms with Crippen LogP contribution in [0.25, 0.3) is 6.08 Å². The summed E-state index contributed by atoms with van der Waals surface area (Å²) in [5.41, 5.74) is 6.33. The molecule has 6 aliphatic rings. The molecule has 4 unspecified atom stereocenters. The summed E-state index contributed by atoms with van der Waals surface area (Å²) < 4.78 is 21.7. The predicted molar refractivity (Wildman–Crippen MR) is 179 cm³/mol. The van der Waals surface area contributed by atoms with E-state index in [2.05, 4.69) is 112 Å². The van der Waals surface area contributed by atoms with E-state index < -0.39 is 22.4 Å². The molecule has 1 saturated carbocycles. The van der Waals surface area contributed by atoms with Gasteiger partial charge in [-0.1, -0.05) is 53.7 Å². The Hall–Kier alpha value is -3.11. The Balaban J connectivity index is 1.59. The Labute approximate surface area is 264 Å². The van der Waals surface area contributed by atoms with Gasteiger partial charge < -0.3 is 14.2 Å².